The van der Waals surface area contributed by atoms with Gasteiger partial charge >= 0.3 is 0 Å². The number of nitrogen functional groups attached to an aromatic ring is 1. The van der Waals surface area contributed by atoms with Gasteiger partial charge in [-0.25, -0.2) is 0 Å². The van der Waals surface area contributed by atoms with E-state index in [0.29, 0.717) is 12.1 Å². The molecule has 0 spiro atoms. The first-order valence-corrected chi connectivity index (χ1v) is 7.77. The molecule has 1 saturated carbocycles. The molecule has 3 rings (SSSR count). The number of hydrogen-bond acceptors (Lipinski definition) is 2. The van der Waals surface area contributed by atoms with Gasteiger partial charge in [0.2, 0.25) is 0 Å². The number of rotatable bonds is 4. The lowest BCUT2D eigenvalue weighted by Crippen LogP contribution is -2.25. The topological polar surface area (TPSA) is 43.0 Å². The lowest BCUT2D eigenvalue weighted by Gasteiger charge is -2.11. The van der Waals surface area contributed by atoms with E-state index >= 15 is 0 Å². The second-order valence-electron chi connectivity index (χ2n) is 6.29. The zero-order chi connectivity index (χ0) is 14.1. The van der Waals surface area contributed by atoms with Gasteiger partial charge in [0.15, 0.2) is 0 Å². The number of anilines is 1. The summed E-state index contributed by atoms with van der Waals surface area (Å²) >= 11 is 0. The van der Waals surface area contributed by atoms with Crippen LogP contribution < -0.4 is 11.1 Å². The second kappa shape index (κ2) is 5.49. The van der Waals surface area contributed by atoms with Gasteiger partial charge in [0.25, 0.3) is 0 Å². The van der Waals surface area contributed by atoms with E-state index in [4.69, 9.17) is 5.73 Å². The molecule has 1 heterocycles. The molecule has 0 aliphatic heterocycles. The van der Waals surface area contributed by atoms with Crippen LogP contribution in [0.25, 0.3) is 10.9 Å². The molecule has 0 atom stereocenters. The van der Waals surface area contributed by atoms with Crippen LogP contribution in [0.3, 0.4) is 0 Å². The van der Waals surface area contributed by atoms with Gasteiger partial charge in [-0.15, -0.1) is 0 Å². The van der Waals surface area contributed by atoms with Crippen molar-refractivity contribution in [2.45, 2.75) is 58.2 Å². The minimum atomic E-state index is 0.458. The zero-order valence-electron chi connectivity index (χ0n) is 12.5. The summed E-state index contributed by atoms with van der Waals surface area (Å²) in [5.74, 6) is 0. The summed E-state index contributed by atoms with van der Waals surface area (Å²) in [5, 5.41) is 5.04. The Labute approximate surface area is 121 Å². The molecule has 1 aromatic carbocycles. The minimum Gasteiger partial charge on any atom is -0.399 e. The van der Waals surface area contributed by atoms with Crippen molar-refractivity contribution in [1.29, 1.82) is 0 Å². The maximum absolute atomic E-state index is 5.95. The fourth-order valence-corrected chi connectivity index (χ4v) is 3.29. The van der Waals surface area contributed by atoms with Gasteiger partial charge in [0.1, 0.15) is 0 Å². The molecule has 2 aromatic rings. The van der Waals surface area contributed by atoms with E-state index < -0.39 is 0 Å². The highest BCUT2D eigenvalue weighted by molar-refractivity contribution is 5.86. The molecular weight excluding hydrogens is 246 g/mol. The van der Waals surface area contributed by atoms with Gasteiger partial charge in [-0.2, -0.15) is 0 Å². The van der Waals surface area contributed by atoms with Crippen LogP contribution >= 0.6 is 0 Å². The molecule has 3 heteroatoms. The van der Waals surface area contributed by atoms with Crippen LogP contribution in [0.4, 0.5) is 5.69 Å². The largest absolute Gasteiger partial charge is 0.399 e. The second-order valence-corrected chi connectivity index (χ2v) is 6.29. The molecule has 20 heavy (non-hydrogen) atoms. The zero-order valence-corrected chi connectivity index (χ0v) is 12.5. The maximum Gasteiger partial charge on any atom is 0.0506 e. The van der Waals surface area contributed by atoms with Crippen molar-refractivity contribution in [3.05, 3.63) is 30.0 Å². The van der Waals surface area contributed by atoms with Crippen molar-refractivity contribution in [2.24, 2.45) is 0 Å². The number of fused-ring (bicyclic) bond motifs is 1. The van der Waals surface area contributed by atoms with Gasteiger partial charge in [-0.3, -0.25) is 0 Å². The Morgan fingerprint density at radius 3 is 2.75 bits per heavy atom. The quantitative estimate of drug-likeness (QED) is 0.830. The average Bonchev–Trinajstić information content (AvgIpc) is 3.02. The van der Waals surface area contributed by atoms with E-state index in [2.05, 4.69) is 42.1 Å². The maximum atomic E-state index is 5.95. The van der Waals surface area contributed by atoms with E-state index in [1.54, 1.807) is 0 Å². The number of benzene rings is 1. The van der Waals surface area contributed by atoms with Crippen LogP contribution in [0.2, 0.25) is 0 Å². The molecule has 108 valence electrons. The molecule has 1 aliphatic rings. The Morgan fingerprint density at radius 2 is 2.05 bits per heavy atom. The van der Waals surface area contributed by atoms with Gasteiger partial charge in [-0.1, -0.05) is 18.9 Å². The number of nitrogens with one attached hydrogen (secondary N) is 1. The number of nitrogens with zero attached hydrogens (tertiary/aromatic N) is 1. The van der Waals surface area contributed by atoms with Gasteiger partial charge in [0, 0.05) is 35.9 Å². The Morgan fingerprint density at radius 1 is 1.30 bits per heavy atom. The third kappa shape index (κ3) is 2.55. The summed E-state index contributed by atoms with van der Waals surface area (Å²) in [4.78, 5) is 0. The number of hydrogen-bond donors (Lipinski definition) is 2. The van der Waals surface area contributed by atoms with E-state index in [9.17, 15) is 0 Å². The van der Waals surface area contributed by atoms with Crippen molar-refractivity contribution < 1.29 is 0 Å². The van der Waals surface area contributed by atoms with Crippen molar-refractivity contribution in [1.82, 2.24) is 9.88 Å². The fourth-order valence-electron chi connectivity index (χ4n) is 3.29. The SMILES string of the molecule is CC(C)n1cc(CNC2CCCC2)c2ccc(N)cc21. The first kappa shape index (κ1) is 13.5. The predicted molar refractivity (Wildman–Crippen MR) is 85.8 cm³/mol. The highest BCUT2D eigenvalue weighted by Crippen LogP contribution is 2.27. The molecule has 3 nitrogen and oxygen atoms in total. The van der Waals surface area contributed by atoms with E-state index in [0.717, 1.165) is 12.2 Å². The molecule has 0 radical (unpaired) electrons. The Hall–Kier alpha value is -1.48. The molecule has 0 unspecified atom stereocenters. The Bertz CT molecular complexity index is 592. The molecule has 3 N–H and O–H groups in total. The average molecular weight is 271 g/mol. The summed E-state index contributed by atoms with van der Waals surface area (Å²) in [6.45, 7) is 5.40. The molecule has 1 aliphatic carbocycles. The summed E-state index contributed by atoms with van der Waals surface area (Å²) in [6, 6.07) is 7.43. The van der Waals surface area contributed by atoms with Crippen LogP contribution in [-0.2, 0) is 6.54 Å². The first-order chi connectivity index (χ1) is 9.65. The monoisotopic (exact) mass is 271 g/mol. The van der Waals surface area contributed by atoms with Crippen molar-refractivity contribution >= 4 is 16.6 Å². The molecule has 1 fully saturated rings. The third-order valence-corrected chi connectivity index (χ3v) is 4.43. The molecule has 0 amide bonds. The third-order valence-electron chi connectivity index (χ3n) is 4.43. The highest BCUT2D eigenvalue weighted by atomic mass is 15.0. The first-order valence-electron chi connectivity index (χ1n) is 7.77. The minimum absolute atomic E-state index is 0.458. The smallest absolute Gasteiger partial charge is 0.0506 e. The lowest BCUT2D eigenvalue weighted by molar-refractivity contribution is 0.523. The summed E-state index contributed by atoms with van der Waals surface area (Å²) in [7, 11) is 0. The van der Waals surface area contributed by atoms with Gasteiger partial charge in [0.05, 0.1) is 5.52 Å². The fraction of sp³-hybridized carbons (Fsp3) is 0.529. The Balaban J connectivity index is 1.89. The van der Waals surface area contributed by atoms with Crippen LogP contribution in [-0.4, -0.2) is 10.6 Å². The van der Waals surface area contributed by atoms with Crippen LogP contribution in [0.15, 0.2) is 24.4 Å². The predicted octanol–water partition coefficient (Wildman–Crippen LogP) is 3.84. The Kier molecular flexibility index (Phi) is 3.70. The van der Waals surface area contributed by atoms with Crippen LogP contribution in [0, 0.1) is 0 Å². The van der Waals surface area contributed by atoms with Crippen molar-refractivity contribution in [2.75, 3.05) is 5.73 Å². The number of aromatic nitrogens is 1. The standard InChI is InChI=1S/C17H25N3/c1-12(2)20-11-13(10-19-15-5-3-4-6-15)16-8-7-14(18)9-17(16)20/h7-9,11-12,15,19H,3-6,10,18H2,1-2H3. The molecule has 0 bridgehead atoms. The lowest BCUT2D eigenvalue weighted by atomic mass is 10.1. The van der Waals surface area contributed by atoms with E-state index in [1.165, 1.54) is 42.1 Å². The van der Waals surface area contributed by atoms with Gasteiger partial charge in [-0.05, 0) is 44.4 Å². The van der Waals surface area contributed by atoms with Crippen molar-refractivity contribution in [3.63, 3.8) is 0 Å². The molecule has 0 saturated heterocycles. The normalized spacial score (nSPS) is 16.6. The summed E-state index contributed by atoms with van der Waals surface area (Å²) < 4.78 is 2.33. The van der Waals surface area contributed by atoms with Crippen LogP contribution in [0.1, 0.15) is 51.1 Å². The van der Waals surface area contributed by atoms with Crippen LogP contribution in [0.5, 0.6) is 0 Å². The summed E-state index contributed by atoms with van der Waals surface area (Å²) in [5.41, 5.74) is 9.43. The highest BCUT2D eigenvalue weighted by Gasteiger charge is 2.16. The van der Waals surface area contributed by atoms with E-state index in [-0.39, 0.29) is 0 Å². The van der Waals surface area contributed by atoms with Gasteiger partial charge < -0.3 is 15.6 Å². The van der Waals surface area contributed by atoms with E-state index in [1.807, 2.05) is 6.07 Å². The summed E-state index contributed by atoms with van der Waals surface area (Å²) in [6.07, 6.45) is 7.70. The molecule has 1 aromatic heterocycles. The molecular formula is C17H25N3. The van der Waals surface area contributed by atoms with Crippen molar-refractivity contribution in [3.8, 4) is 0 Å². The number of nitrogens with two attached hydrogens (primary N) is 1.